The molecule has 4 heteroatoms. The Bertz CT molecular complexity index is 427. The summed E-state index contributed by atoms with van der Waals surface area (Å²) in [5.74, 6) is 0.461. The van der Waals surface area contributed by atoms with Gasteiger partial charge >= 0.3 is 0 Å². The van der Waals surface area contributed by atoms with Crippen molar-refractivity contribution in [1.82, 2.24) is 10.2 Å². The van der Waals surface area contributed by atoms with Crippen molar-refractivity contribution in [1.29, 1.82) is 0 Å². The van der Waals surface area contributed by atoms with Crippen LogP contribution < -0.4 is 5.32 Å². The molecule has 0 aromatic heterocycles. The molecule has 3 nitrogen and oxygen atoms in total. The average molecular weight is 311 g/mol. The summed E-state index contributed by atoms with van der Waals surface area (Å²) in [6, 6.07) is 8.49. The van der Waals surface area contributed by atoms with Crippen molar-refractivity contribution in [3.05, 3.63) is 34.9 Å². The van der Waals surface area contributed by atoms with Crippen molar-refractivity contribution < 1.29 is 5.11 Å². The van der Waals surface area contributed by atoms with Gasteiger partial charge in [-0.05, 0) is 62.5 Å². The SMILES string of the molecule is CCNC(CCN1CCCC(CO)C1)c1cccc(Cl)c1. The lowest BCUT2D eigenvalue weighted by Gasteiger charge is -2.33. The summed E-state index contributed by atoms with van der Waals surface area (Å²) in [6.07, 6.45) is 3.44. The molecule has 0 amide bonds. The molecular formula is C17H27ClN2O. The van der Waals surface area contributed by atoms with E-state index in [1.807, 2.05) is 12.1 Å². The first-order chi connectivity index (χ1) is 10.2. The minimum atomic E-state index is 0.321. The fourth-order valence-corrected chi connectivity index (χ4v) is 3.37. The van der Waals surface area contributed by atoms with E-state index < -0.39 is 0 Å². The summed E-state index contributed by atoms with van der Waals surface area (Å²) < 4.78 is 0. The number of benzene rings is 1. The van der Waals surface area contributed by atoms with E-state index in [9.17, 15) is 5.11 Å². The van der Waals surface area contributed by atoms with E-state index in [1.54, 1.807) is 0 Å². The standard InChI is InChI=1S/C17H27ClN2O/c1-2-19-17(15-6-3-7-16(18)11-15)8-10-20-9-4-5-14(12-20)13-21/h3,6-7,11,14,17,19,21H,2,4-5,8-10,12-13H2,1H3. The molecule has 118 valence electrons. The molecule has 0 aliphatic carbocycles. The van der Waals surface area contributed by atoms with Gasteiger partial charge in [-0.3, -0.25) is 0 Å². The molecule has 0 bridgehead atoms. The predicted octanol–water partition coefficient (Wildman–Crippen LogP) is 3.09. The molecule has 1 fully saturated rings. The lowest BCUT2D eigenvalue weighted by molar-refractivity contribution is 0.117. The Morgan fingerprint density at radius 3 is 3.05 bits per heavy atom. The van der Waals surface area contributed by atoms with E-state index in [4.69, 9.17) is 11.6 Å². The number of aliphatic hydroxyl groups is 1. The Labute approximate surface area is 133 Å². The third-order valence-corrected chi connectivity index (χ3v) is 4.53. The largest absolute Gasteiger partial charge is 0.396 e. The first-order valence-electron chi connectivity index (χ1n) is 8.05. The van der Waals surface area contributed by atoms with Crippen LogP contribution in [0.25, 0.3) is 0 Å². The number of aliphatic hydroxyl groups excluding tert-OH is 1. The number of halogens is 1. The Hall–Kier alpha value is -0.610. The van der Waals surface area contributed by atoms with Crippen LogP contribution in [0.3, 0.4) is 0 Å². The number of nitrogens with one attached hydrogen (secondary N) is 1. The van der Waals surface area contributed by atoms with Crippen molar-refractivity contribution in [2.24, 2.45) is 5.92 Å². The molecule has 1 saturated heterocycles. The summed E-state index contributed by atoms with van der Waals surface area (Å²) >= 11 is 6.11. The van der Waals surface area contributed by atoms with Crippen LogP contribution in [0.4, 0.5) is 0 Å². The molecule has 1 aliphatic rings. The van der Waals surface area contributed by atoms with Gasteiger partial charge in [-0.1, -0.05) is 30.7 Å². The van der Waals surface area contributed by atoms with Crippen molar-refractivity contribution in [3.8, 4) is 0 Å². The van der Waals surface area contributed by atoms with Gasteiger partial charge in [0.2, 0.25) is 0 Å². The summed E-state index contributed by atoms with van der Waals surface area (Å²) in [7, 11) is 0. The van der Waals surface area contributed by atoms with Gasteiger partial charge < -0.3 is 15.3 Å². The van der Waals surface area contributed by atoms with E-state index in [0.29, 0.717) is 18.6 Å². The van der Waals surface area contributed by atoms with Crippen molar-refractivity contribution in [2.45, 2.75) is 32.2 Å². The van der Waals surface area contributed by atoms with Crippen molar-refractivity contribution in [2.75, 3.05) is 32.8 Å². The van der Waals surface area contributed by atoms with Crippen molar-refractivity contribution >= 4 is 11.6 Å². The highest BCUT2D eigenvalue weighted by atomic mass is 35.5. The molecule has 2 rings (SSSR count). The molecule has 21 heavy (non-hydrogen) atoms. The second kappa shape index (κ2) is 8.74. The first-order valence-corrected chi connectivity index (χ1v) is 8.42. The van der Waals surface area contributed by atoms with Gasteiger partial charge in [-0.25, -0.2) is 0 Å². The zero-order chi connectivity index (χ0) is 15.1. The molecule has 0 radical (unpaired) electrons. The number of rotatable bonds is 7. The second-order valence-electron chi connectivity index (χ2n) is 5.95. The number of piperidine rings is 1. The van der Waals surface area contributed by atoms with Crippen LogP contribution in [-0.4, -0.2) is 42.8 Å². The highest BCUT2D eigenvalue weighted by Crippen LogP contribution is 2.22. The molecular weight excluding hydrogens is 284 g/mol. The average Bonchev–Trinajstić information content (AvgIpc) is 2.51. The van der Waals surface area contributed by atoms with E-state index in [2.05, 4.69) is 29.3 Å². The van der Waals surface area contributed by atoms with Crippen LogP contribution in [0.15, 0.2) is 24.3 Å². The molecule has 1 aromatic rings. The Kier molecular flexibility index (Phi) is 6.97. The lowest BCUT2D eigenvalue weighted by Crippen LogP contribution is -2.38. The molecule has 0 spiro atoms. The molecule has 2 unspecified atom stereocenters. The number of hydrogen-bond acceptors (Lipinski definition) is 3. The van der Waals surface area contributed by atoms with Gasteiger partial charge in [-0.2, -0.15) is 0 Å². The monoisotopic (exact) mass is 310 g/mol. The maximum Gasteiger partial charge on any atom is 0.0471 e. The van der Waals surface area contributed by atoms with Crippen LogP contribution >= 0.6 is 11.6 Å². The normalized spacial score (nSPS) is 21.4. The Balaban J connectivity index is 1.91. The topological polar surface area (TPSA) is 35.5 Å². The quantitative estimate of drug-likeness (QED) is 0.812. The van der Waals surface area contributed by atoms with Gasteiger partial charge in [0.15, 0.2) is 0 Å². The molecule has 2 atom stereocenters. The van der Waals surface area contributed by atoms with E-state index in [-0.39, 0.29) is 0 Å². The summed E-state index contributed by atoms with van der Waals surface area (Å²) in [4.78, 5) is 2.49. The molecule has 2 N–H and O–H groups in total. The second-order valence-corrected chi connectivity index (χ2v) is 6.38. The fourth-order valence-electron chi connectivity index (χ4n) is 3.17. The van der Waals surface area contributed by atoms with Gasteiger partial charge in [0.1, 0.15) is 0 Å². The summed E-state index contributed by atoms with van der Waals surface area (Å²) in [5.41, 5.74) is 1.26. The minimum absolute atomic E-state index is 0.321. The zero-order valence-electron chi connectivity index (χ0n) is 12.9. The van der Waals surface area contributed by atoms with Crippen LogP contribution in [0, 0.1) is 5.92 Å². The molecule has 0 saturated carbocycles. The third kappa shape index (κ3) is 5.26. The lowest BCUT2D eigenvalue weighted by atomic mass is 9.97. The predicted molar refractivity (Wildman–Crippen MR) is 88.7 cm³/mol. The van der Waals surface area contributed by atoms with Crippen molar-refractivity contribution in [3.63, 3.8) is 0 Å². The maximum absolute atomic E-state index is 9.33. The number of likely N-dealkylation sites (tertiary alicyclic amines) is 1. The smallest absolute Gasteiger partial charge is 0.0471 e. The summed E-state index contributed by atoms with van der Waals surface area (Å²) in [6.45, 7) is 6.68. The first kappa shape index (κ1) is 16.8. The fraction of sp³-hybridized carbons (Fsp3) is 0.647. The van der Waals surface area contributed by atoms with Crippen LogP contribution in [0.5, 0.6) is 0 Å². The Morgan fingerprint density at radius 2 is 2.33 bits per heavy atom. The van der Waals surface area contributed by atoms with E-state index in [0.717, 1.165) is 44.0 Å². The highest BCUT2D eigenvalue weighted by molar-refractivity contribution is 6.30. The van der Waals surface area contributed by atoms with Crippen LogP contribution in [-0.2, 0) is 0 Å². The van der Waals surface area contributed by atoms with Gasteiger partial charge in [0.25, 0.3) is 0 Å². The molecule has 1 aliphatic heterocycles. The highest BCUT2D eigenvalue weighted by Gasteiger charge is 2.20. The summed E-state index contributed by atoms with van der Waals surface area (Å²) in [5, 5.41) is 13.7. The van der Waals surface area contributed by atoms with E-state index in [1.165, 1.54) is 12.0 Å². The molecule has 1 heterocycles. The van der Waals surface area contributed by atoms with E-state index >= 15 is 0 Å². The Morgan fingerprint density at radius 1 is 1.48 bits per heavy atom. The van der Waals surface area contributed by atoms with Gasteiger partial charge in [0, 0.05) is 24.2 Å². The van der Waals surface area contributed by atoms with Crippen LogP contribution in [0.2, 0.25) is 5.02 Å². The van der Waals surface area contributed by atoms with Gasteiger partial charge in [0.05, 0.1) is 0 Å². The maximum atomic E-state index is 9.33. The molecule has 1 aromatic carbocycles. The minimum Gasteiger partial charge on any atom is -0.396 e. The number of hydrogen-bond donors (Lipinski definition) is 2. The van der Waals surface area contributed by atoms with Crippen LogP contribution in [0.1, 0.15) is 37.8 Å². The van der Waals surface area contributed by atoms with Gasteiger partial charge in [-0.15, -0.1) is 0 Å². The number of nitrogens with zero attached hydrogens (tertiary/aromatic N) is 1. The zero-order valence-corrected chi connectivity index (χ0v) is 13.6. The third-order valence-electron chi connectivity index (χ3n) is 4.30.